The van der Waals surface area contributed by atoms with E-state index in [-0.39, 0.29) is 0 Å². The van der Waals surface area contributed by atoms with Crippen molar-refractivity contribution in [3.05, 3.63) is 47.5 Å². The Labute approximate surface area is 457 Å². The lowest BCUT2D eigenvalue weighted by Crippen LogP contribution is -2.16. The second kappa shape index (κ2) is 36.4. The molecule has 74 heavy (non-hydrogen) atoms. The second-order valence-corrected chi connectivity index (χ2v) is 33.4. The molecule has 412 valence electrons. The first-order chi connectivity index (χ1) is 35.9. The van der Waals surface area contributed by atoms with Crippen LogP contribution in [0.4, 0.5) is 0 Å². The molecule has 0 aliphatic heterocycles. The zero-order valence-electron chi connectivity index (χ0n) is 49.6. The van der Waals surface area contributed by atoms with Gasteiger partial charge in [-0.3, -0.25) is 0 Å². The van der Waals surface area contributed by atoms with Gasteiger partial charge in [-0.15, -0.1) is 11.1 Å². The number of rotatable bonds is 40. The summed E-state index contributed by atoms with van der Waals surface area (Å²) in [6.45, 7) is 25.9. The zero-order chi connectivity index (χ0) is 53.3. The van der Waals surface area contributed by atoms with E-state index in [1.807, 2.05) is 0 Å². The predicted octanol–water partition coefficient (Wildman–Crippen LogP) is 21.7. The Bertz CT molecular complexity index is 2150. The monoisotopic (exact) mass is 1040 g/mol. The van der Waals surface area contributed by atoms with Gasteiger partial charge in [-0.05, 0) is 83.6 Å². The average Bonchev–Trinajstić information content (AvgIpc) is 3.37. The molecule has 0 aromatic heterocycles. The van der Waals surface area contributed by atoms with Crippen molar-refractivity contribution < 1.29 is 18.9 Å². The minimum absolute atomic E-state index is 0.672. The number of hydrogen-bond donors (Lipinski definition) is 0. The predicted molar refractivity (Wildman–Crippen MR) is 332 cm³/mol. The van der Waals surface area contributed by atoms with Gasteiger partial charge in [0.1, 0.15) is 16.1 Å². The topological polar surface area (TPSA) is 36.9 Å². The van der Waals surface area contributed by atoms with Gasteiger partial charge in [-0.2, -0.15) is 0 Å². The van der Waals surface area contributed by atoms with Crippen molar-refractivity contribution in [1.29, 1.82) is 0 Å². The van der Waals surface area contributed by atoms with E-state index in [0.29, 0.717) is 26.4 Å². The van der Waals surface area contributed by atoms with Crippen LogP contribution in [0, 0.1) is 22.9 Å². The maximum Gasteiger partial charge on any atom is 0.161 e. The first-order valence-electron chi connectivity index (χ1n) is 31.0. The molecule has 0 aliphatic rings. The molecule has 0 aliphatic carbocycles. The van der Waals surface area contributed by atoms with Crippen LogP contribution < -0.4 is 18.9 Å². The van der Waals surface area contributed by atoms with Crippen LogP contribution in [-0.4, -0.2) is 42.6 Å². The number of hydrogen-bond acceptors (Lipinski definition) is 4. The lowest BCUT2D eigenvalue weighted by atomic mass is 9.88. The third-order valence-electron chi connectivity index (χ3n) is 14.4. The summed E-state index contributed by atoms with van der Waals surface area (Å²) >= 11 is 0. The van der Waals surface area contributed by atoms with Crippen molar-refractivity contribution in [2.24, 2.45) is 0 Å². The first kappa shape index (κ1) is 62.9. The molecular weight excluding hydrogens is 937 g/mol. The maximum absolute atomic E-state index is 6.89. The molecule has 0 saturated heterocycles. The van der Waals surface area contributed by atoms with Gasteiger partial charge < -0.3 is 18.9 Å². The van der Waals surface area contributed by atoms with E-state index in [4.69, 9.17) is 18.9 Å². The molecule has 4 nitrogen and oxygen atoms in total. The summed E-state index contributed by atoms with van der Waals surface area (Å²) in [5.74, 6) is 10.9. The normalized spacial score (nSPS) is 11.8. The minimum atomic E-state index is -1.74. The van der Waals surface area contributed by atoms with Crippen LogP contribution in [0.3, 0.4) is 0 Å². The van der Waals surface area contributed by atoms with Crippen molar-refractivity contribution in [2.45, 2.75) is 272 Å². The second-order valence-electron chi connectivity index (χ2n) is 23.9. The van der Waals surface area contributed by atoms with Crippen molar-refractivity contribution in [3.63, 3.8) is 0 Å². The van der Waals surface area contributed by atoms with Crippen LogP contribution in [0.25, 0.3) is 32.3 Å². The Morgan fingerprint density at radius 2 is 0.514 bits per heavy atom. The minimum Gasteiger partial charge on any atom is -0.490 e. The SMILES string of the molecule is CCCCCCCCCCOc1cc2c3cc(OCCCCCCCCCC)c(OCCCCCCCCCC)cc3c3c(C#C[Si](C)(C)C)ccc(C#C[Si](C)(C)C)c3c2cc1OCCCCCCCCCC. The number of ether oxygens (including phenoxy) is 4. The number of fused-ring (bicyclic) bond motifs is 6. The average molecular weight is 1050 g/mol. The van der Waals surface area contributed by atoms with Gasteiger partial charge in [0, 0.05) is 21.9 Å². The van der Waals surface area contributed by atoms with Gasteiger partial charge in [0.05, 0.1) is 26.4 Å². The fourth-order valence-corrected chi connectivity index (χ4v) is 11.0. The third kappa shape index (κ3) is 24.2. The number of benzene rings is 4. The van der Waals surface area contributed by atoms with Gasteiger partial charge in [-0.1, -0.05) is 259 Å². The largest absolute Gasteiger partial charge is 0.490 e. The molecule has 0 saturated carbocycles. The van der Waals surface area contributed by atoms with Gasteiger partial charge >= 0.3 is 0 Å². The highest BCUT2D eigenvalue weighted by atomic mass is 28.3. The van der Waals surface area contributed by atoms with Gasteiger partial charge in [-0.25, -0.2) is 0 Å². The molecule has 4 aromatic carbocycles. The highest BCUT2D eigenvalue weighted by Crippen LogP contribution is 2.46. The summed E-state index contributed by atoms with van der Waals surface area (Å²) in [5, 5.41) is 6.83. The molecule has 4 aromatic rings. The van der Waals surface area contributed by atoms with E-state index in [0.717, 1.165) is 92.1 Å². The Morgan fingerprint density at radius 1 is 0.297 bits per heavy atom. The van der Waals surface area contributed by atoms with E-state index in [1.165, 1.54) is 180 Å². The molecule has 0 spiro atoms. The molecule has 0 N–H and O–H groups in total. The summed E-state index contributed by atoms with van der Waals surface area (Å²) in [6.07, 6.45) is 40.4. The molecule has 0 unspecified atom stereocenters. The molecule has 0 amide bonds. The molecule has 0 atom stereocenters. The van der Waals surface area contributed by atoms with E-state index in [1.54, 1.807) is 0 Å². The number of unbranched alkanes of at least 4 members (excludes halogenated alkanes) is 28. The Morgan fingerprint density at radius 3 is 0.743 bits per heavy atom. The molecule has 0 fully saturated rings. The molecule has 0 radical (unpaired) electrons. The molecule has 0 heterocycles. The van der Waals surface area contributed by atoms with Crippen LogP contribution in [-0.2, 0) is 0 Å². The van der Waals surface area contributed by atoms with Crippen LogP contribution in [0.2, 0.25) is 39.3 Å². The fraction of sp³-hybridized carbons (Fsp3) is 0.676. The van der Waals surface area contributed by atoms with Crippen LogP contribution >= 0.6 is 0 Å². The summed E-state index contributed by atoms with van der Waals surface area (Å²) in [4.78, 5) is 0. The highest BCUT2D eigenvalue weighted by molar-refractivity contribution is 6.84. The lowest BCUT2D eigenvalue weighted by molar-refractivity contribution is 0.258. The van der Waals surface area contributed by atoms with Crippen molar-refractivity contribution in [1.82, 2.24) is 0 Å². The Balaban J connectivity index is 1.91. The third-order valence-corrected chi connectivity index (χ3v) is 16.1. The van der Waals surface area contributed by atoms with Crippen LogP contribution in [0.5, 0.6) is 23.0 Å². The summed E-state index contributed by atoms with van der Waals surface area (Å²) < 4.78 is 27.6. The highest BCUT2D eigenvalue weighted by Gasteiger charge is 2.22. The van der Waals surface area contributed by atoms with Crippen molar-refractivity contribution in [2.75, 3.05) is 26.4 Å². The molecule has 4 rings (SSSR count). The van der Waals surface area contributed by atoms with Gasteiger partial charge in [0.15, 0.2) is 23.0 Å². The van der Waals surface area contributed by atoms with E-state index >= 15 is 0 Å². The van der Waals surface area contributed by atoms with Crippen LogP contribution in [0.15, 0.2) is 36.4 Å². The first-order valence-corrected chi connectivity index (χ1v) is 38.0. The van der Waals surface area contributed by atoms with Crippen molar-refractivity contribution >= 4 is 48.5 Å². The van der Waals surface area contributed by atoms with Gasteiger partial charge in [0.2, 0.25) is 0 Å². The molecule has 0 bridgehead atoms. The molecule has 6 heteroatoms. The summed E-state index contributed by atoms with van der Waals surface area (Å²) in [7, 11) is -3.48. The van der Waals surface area contributed by atoms with Crippen molar-refractivity contribution in [3.8, 4) is 45.9 Å². The standard InChI is InChI=1S/C68H108O4Si2/c1-11-15-19-23-27-31-35-39-47-69-63-53-59-60-54-64(70-48-40-36-32-28-24-20-16-12-2)66(72-50-42-38-34-30-26-22-18-14-4)56-62(60)68-58(46-52-74(8,9)10)44-43-57(45-51-73(5,6)7)67(68)61(59)55-65(63)71-49-41-37-33-29-25-21-17-13-3/h43-44,53-56H,11-42,47-50H2,1-10H3. The zero-order valence-corrected chi connectivity index (χ0v) is 51.6. The van der Waals surface area contributed by atoms with E-state index in [2.05, 4.69) is 126 Å². The Kier molecular flexibility index (Phi) is 31.0. The van der Waals surface area contributed by atoms with Gasteiger partial charge in [0.25, 0.3) is 0 Å². The fourth-order valence-electron chi connectivity index (χ4n) is 9.98. The quantitative estimate of drug-likeness (QED) is 0.0193. The maximum atomic E-state index is 6.89. The molecular formula is C68H108O4Si2. The van der Waals surface area contributed by atoms with E-state index in [9.17, 15) is 0 Å². The smallest absolute Gasteiger partial charge is 0.161 e. The van der Waals surface area contributed by atoms with E-state index < -0.39 is 16.1 Å². The lowest BCUT2D eigenvalue weighted by Gasteiger charge is -2.20. The summed E-state index contributed by atoms with van der Waals surface area (Å²) in [6, 6.07) is 13.7. The van der Waals surface area contributed by atoms with Crippen LogP contribution in [0.1, 0.15) is 244 Å². The Hall–Kier alpha value is -3.59. The summed E-state index contributed by atoms with van der Waals surface area (Å²) in [5.41, 5.74) is 9.62.